The summed E-state index contributed by atoms with van der Waals surface area (Å²) in [5, 5.41) is 13.4. The van der Waals surface area contributed by atoms with E-state index in [2.05, 4.69) is 41.7 Å². The van der Waals surface area contributed by atoms with Gasteiger partial charge in [0.1, 0.15) is 28.2 Å². The Bertz CT molecular complexity index is 1640. The molecule has 0 unspecified atom stereocenters. The average molecular weight is 623 g/mol. The molecule has 0 atom stereocenters. The number of likely N-dealkylation sites (tertiary alicyclic amines) is 1. The van der Waals surface area contributed by atoms with E-state index in [0.717, 1.165) is 42.9 Å². The number of urea groups is 2. The summed E-state index contributed by atoms with van der Waals surface area (Å²) in [6.07, 6.45) is 3.51. The molecular weight excluding hydrogens is 589 g/mol. The van der Waals surface area contributed by atoms with E-state index in [4.69, 9.17) is 33.0 Å². The fourth-order valence-corrected chi connectivity index (χ4v) is 4.88. The third kappa shape index (κ3) is 7.21. The highest BCUT2D eigenvalue weighted by Crippen LogP contribution is 2.40. The molecule has 43 heavy (non-hydrogen) atoms. The molecule has 0 spiro atoms. The van der Waals surface area contributed by atoms with Gasteiger partial charge < -0.3 is 15.0 Å². The van der Waals surface area contributed by atoms with Crippen LogP contribution in [-0.2, 0) is 5.41 Å². The molecule has 10 nitrogen and oxygen atoms in total. The van der Waals surface area contributed by atoms with E-state index in [1.807, 2.05) is 37.3 Å². The first-order valence-corrected chi connectivity index (χ1v) is 14.7. The van der Waals surface area contributed by atoms with E-state index in [1.165, 1.54) is 6.20 Å². The number of aromatic nitrogens is 3. The van der Waals surface area contributed by atoms with Crippen LogP contribution in [0.5, 0.6) is 11.5 Å². The molecular formula is C31H33Cl2N7O3. The molecule has 4 aromatic rings. The van der Waals surface area contributed by atoms with Gasteiger partial charge >= 0.3 is 12.1 Å². The minimum Gasteiger partial charge on any atom is -0.456 e. The number of amides is 4. The summed E-state index contributed by atoms with van der Waals surface area (Å²) in [4.78, 5) is 31.5. The van der Waals surface area contributed by atoms with Gasteiger partial charge in [-0.05, 0) is 50.1 Å². The van der Waals surface area contributed by atoms with Crippen molar-refractivity contribution < 1.29 is 14.3 Å². The minimum absolute atomic E-state index is 0.105. The zero-order valence-electron chi connectivity index (χ0n) is 24.4. The predicted molar refractivity (Wildman–Crippen MR) is 170 cm³/mol. The van der Waals surface area contributed by atoms with E-state index < -0.39 is 6.03 Å². The van der Waals surface area contributed by atoms with Crippen LogP contribution in [0, 0.1) is 6.92 Å². The van der Waals surface area contributed by atoms with Crippen LogP contribution in [0.25, 0.3) is 5.69 Å². The van der Waals surface area contributed by atoms with Crippen molar-refractivity contribution in [3.8, 4) is 17.2 Å². The van der Waals surface area contributed by atoms with Crippen LogP contribution in [0.3, 0.4) is 0 Å². The van der Waals surface area contributed by atoms with Crippen LogP contribution in [0.1, 0.15) is 44.9 Å². The second-order valence-electron chi connectivity index (χ2n) is 11.3. The summed E-state index contributed by atoms with van der Waals surface area (Å²) in [7, 11) is 0. The van der Waals surface area contributed by atoms with Crippen molar-refractivity contribution in [3.63, 3.8) is 0 Å². The van der Waals surface area contributed by atoms with Gasteiger partial charge in [0.15, 0.2) is 0 Å². The molecule has 1 aliphatic heterocycles. The summed E-state index contributed by atoms with van der Waals surface area (Å²) in [5.41, 5.74) is 2.81. The Labute approximate surface area is 260 Å². The lowest BCUT2D eigenvalue weighted by Crippen LogP contribution is -2.32. The van der Waals surface area contributed by atoms with Crippen LogP contribution >= 0.6 is 23.2 Å². The SMILES string of the molecule is Cc1ccc(-n2nc(C(C)(C)C)cc2NC(=O)Nc2ccc(Oc3ccnc(NC(=O)N4CCCC4)c3)c(Cl)c2Cl)cc1. The lowest BCUT2D eigenvalue weighted by atomic mass is 9.92. The normalized spacial score (nSPS) is 13.1. The number of ether oxygens (including phenoxy) is 1. The van der Waals surface area contributed by atoms with Crippen molar-refractivity contribution in [2.45, 2.75) is 46.0 Å². The number of benzene rings is 2. The second kappa shape index (κ2) is 12.5. The zero-order chi connectivity index (χ0) is 30.7. The van der Waals surface area contributed by atoms with Crippen molar-refractivity contribution in [1.29, 1.82) is 0 Å². The van der Waals surface area contributed by atoms with Gasteiger partial charge in [-0.25, -0.2) is 19.3 Å². The van der Waals surface area contributed by atoms with Crippen LogP contribution in [0.2, 0.25) is 10.0 Å². The number of pyridine rings is 1. The number of halogens is 2. The average Bonchev–Trinajstić information content (AvgIpc) is 3.65. The van der Waals surface area contributed by atoms with E-state index in [0.29, 0.717) is 23.1 Å². The molecule has 0 saturated carbocycles. The number of hydrogen-bond acceptors (Lipinski definition) is 5. The van der Waals surface area contributed by atoms with Crippen molar-refractivity contribution in [2.75, 3.05) is 29.0 Å². The van der Waals surface area contributed by atoms with Crippen molar-refractivity contribution in [3.05, 3.63) is 82.1 Å². The maximum atomic E-state index is 13.1. The topological polar surface area (TPSA) is 113 Å². The molecule has 1 aliphatic rings. The largest absolute Gasteiger partial charge is 0.456 e. The van der Waals surface area contributed by atoms with E-state index >= 15 is 0 Å². The molecule has 2 aromatic carbocycles. The number of aryl methyl sites for hydroxylation is 1. The number of nitrogens with zero attached hydrogens (tertiary/aromatic N) is 4. The zero-order valence-corrected chi connectivity index (χ0v) is 25.9. The molecule has 0 bridgehead atoms. The van der Waals surface area contributed by atoms with Gasteiger partial charge in [-0.15, -0.1) is 0 Å². The Morgan fingerprint density at radius 3 is 2.33 bits per heavy atom. The molecule has 12 heteroatoms. The van der Waals surface area contributed by atoms with Crippen LogP contribution in [0.15, 0.2) is 60.8 Å². The molecule has 3 N–H and O–H groups in total. The Morgan fingerprint density at radius 2 is 1.63 bits per heavy atom. The first-order valence-electron chi connectivity index (χ1n) is 13.9. The Hall–Kier alpha value is -4.28. The number of anilines is 3. The first-order chi connectivity index (χ1) is 20.5. The number of nitrogens with one attached hydrogen (secondary N) is 3. The Morgan fingerprint density at radius 1 is 0.907 bits per heavy atom. The van der Waals surface area contributed by atoms with Gasteiger partial charge in [0.2, 0.25) is 0 Å². The first kappa shape index (κ1) is 30.2. The van der Waals surface area contributed by atoms with E-state index in [-0.39, 0.29) is 27.2 Å². The lowest BCUT2D eigenvalue weighted by molar-refractivity contribution is 0.222. The highest BCUT2D eigenvalue weighted by Gasteiger charge is 2.23. The van der Waals surface area contributed by atoms with Crippen molar-refractivity contribution in [1.82, 2.24) is 19.7 Å². The van der Waals surface area contributed by atoms with Gasteiger partial charge in [-0.1, -0.05) is 61.7 Å². The number of rotatable bonds is 6. The van der Waals surface area contributed by atoms with E-state index in [9.17, 15) is 9.59 Å². The number of carbonyl (C=O) groups excluding carboxylic acids is 2. The molecule has 2 aromatic heterocycles. The quantitative estimate of drug-likeness (QED) is 0.200. The highest BCUT2D eigenvalue weighted by atomic mass is 35.5. The van der Waals surface area contributed by atoms with E-state index in [1.54, 1.807) is 33.8 Å². The minimum atomic E-state index is -0.520. The molecule has 5 rings (SSSR count). The maximum Gasteiger partial charge on any atom is 0.324 e. The third-order valence-electron chi connectivity index (χ3n) is 6.88. The van der Waals surface area contributed by atoms with Crippen molar-refractivity contribution in [2.24, 2.45) is 0 Å². The molecule has 1 saturated heterocycles. The van der Waals surface area contributed by atoms with Gasteiger partial charge in [0.25, 0.3) is 0 Å². The predicted octanol–water partition coefficient (Wildman–Crippen LogP) is 8.24. The standard InChI is InChI=1S/C31H33Cl2N7O3/c1-19-7-9-20(10-8-19)40-26(18-24(38-40)31(2,3)4)37-29(41)35-22-11-12-23(28(33)27(22)32)43-21-13-14-34-25(17-21)36-30(42)39-15-5-6-16-39/h7-14,17-18H,5-6,15-16H2,1-4H3,(H,34,36,42)(H2,35,37,41). The van der Waals surface area contributed by atoms with Crippen LogP contribution in [0.4, 0.5) is 26.9 Å². The Kier molecular flexibility index (Phi) is 8.79. The van der Waals surface area contributed by atoms with Gasteiger partial charge in [0, 0.05) is 36.8 Å². The fraction of sp³-hybridized carbons (Fsp3) is 0.290. The number of hydrogen-bond donors (Lipinski definition) is 3. The Balaban J connectivity index is 1.29. The summed E-state index contributed by atoms with van der Waals surface area (Å²) in [5.74, 6) is 1.53. The maximum absolute atomic E-state index is 13.1. The highest BCUT2D eigenvalue weighted by molar-refractivity contribution is 6.45. The number of carbonyl (C=O) groups is 2. The monoisotopic (exact) mass is 621 g/mol. The second-order valence-corrected chi connectivity index (χ2v) is 12.1. The smallest absolute Gasteiger partial charge is 0.324 e. The van der Waals surface area contributed by atoms with Crippen LogP contribution < -0.4 is 20.7 Å². The fourth-order valence-electron chi connectivity index (χ4n) is 4.48. The molecule has 4 amide bonds. The van der Waals surface area contributed by atoms with Gasteiger partial charge in [0.05, 0.1) is 22.1 Å². The lowest BCUT2D eigenvalue weighted by Gasteiger charge is -2.16. The molecule has 3 heterocycles. The summed E-state index contributed by atoms with van der Waals surface area (Å²) >= 11 is 13.1. The summed E-state index contributed by atoms with van der Waals surface area (Å²) in [6, 6.07) is 15.4. The third-order valence-corrected chi connectivity index (χ3v) is 7.75. The molecule has 0 radical (unpaired) electrons. The van der Waals surface area contributed by atoms with Crippen molar-refractivity contribution >= 4 is 52.6 Å². The van der Waals surface area contributed by atoms with Gasteiger partial charge in [-0.2, -0.15) is 5.10 Å². The molecule has 0 aliphatic carbocycles. The van der Waals surface area contributed by atoms with Crippen LogP contribution in [-0.4, -0.2) is 44.8 Å². The van der Waals surface area contributed by atoms with Gasteiger partial charge in [-0.3, -0.25) is 10.6 Å². The molecule has 1 fully saturated rings. The summed E-state index contributed by atoms with van der Waals surface area (Å²) < 4.78 is 7.64. The molecule has 224 valence electrons. The summed E-state index contributed by atoms with van der Waals surface area (Å²) in [6.45, 7) is 9.63.